The number of anilines is 1. The number of rotatable bonds is 2. The summed E-state index contributed by atoms with van der Waals surface area (Å²) >= 11 is 0. The largest absolute Gasteiger partial charge is 0.444 e. The van der Waals surface area contributed by atoms with Crippen LogP contribution in [-0.2, 0) is 11.2 Å². The van der Waals surface area contributed by atoms with Gasteiger partial charge in [-0.1, -0.05) is 6.92 Å². The lowest BCUT2D eigenvalue weighted by Crippen LogP contribution is -2.27. The molecule has 1 rings (SSSR count). The number of nitrogens with one attached hydrogen (secondary N) is 1. The number of carbonyl (C=O) groups excluding carboxylic acids is 1. The molecule has 0 saturated carbocycles. The number of carbonyl (C=O) groups is 1. The highest BCUT2D eigenvalue weighted by molar-refractivity contribution is 5.83. The van der Waals surface area contributed by atoms with Gasteiger partial charge in [0, 0.05) is 5.69 Å². The Hall–Kier alpha value is -1.58. The van der Waals surface area contributed by atoms with Crippen molar-refractivity contribution in [3.05, 3.63) is 22.9 Å². The molecule has 0 unspecified atom stereocenters. The average Bonchev–Trinajstić information content (AvgIpc) is 2.13. The summed E-state index contributed by atoms with van der Waals surface area (Å²) in [6, 6.07) is 1.87. The van der Waals surface area contributed by atoms with Gasteiger partial charge in [-0.3, -0.25) is 5.32 Å². The predicted octanol–water partition coefficient (Wildman–Crippen LogP) is 3.61. The van der Waals surface area contributed by atoms with E-state index in [-0.39, 0.29) is 0 Å². The molecule has 4 nitrogen and oxygen atoms in total. The molecule has 0 bridgehead atoms. The summed E-state index contributed by atoms with van der Waals surface area (Å²) in [5, 5.41) is 2.66. The maximum Gasteiger partial charge on any atom is 0.413 e. The van der Waals surface area contributed by atoms with E-state index >= 15 is 0 Å². The highest BCUT2D eigenvalue weighted by atomic mass is 16.6. The number of nitrogens with zero attached hydrogens (tertiary/aromatic N) is 1. The number of amides is 1. The van der Waals surface area contributed by atoms with Crippen molar-refractivity contribution < 1.29 is 9.53 Å². The van der Waals surface area contributed by atoms with Gasteiger partial charge in [0.05, 0.1) is 0 Å². The first kappa shape index (κ1) is 14.5. The monoisotopic (exact) mass is 250 g/mol. The van der Waals surface area contributed by atoms with E-state index in [1.807, 2.05) is 40.7 Å². The van der Waals surface area contributed by atoms with Crippen LogP contribution >= 0.6 is 0 Å². The normalized spacial score (nSPS) is 11.2. The Morgan fingerprint density at radius 1 is 1.39 bits per heavy atom. The van der Waals surface area contributed by atoms with Crippen LogP contribution < -0.4 is 5.32 Å². The van der Waals surface area contributed by atoms with Crippen molar-refractivity contribution in [3.63, 3.8) is 0 Å². The van der Waals surface area contributed by atoms with Gasteiger partial charge in [0.25, 0.3) is 0 Å². The topological polar surface area (TPSA) is 51.2 Å². The quantitative estimate of drug-likeness (QED) is 0.872. The Bertz CT molecular complexity index is 425. The number of aromatic nitrogens is 1. The van der Waals surface area contributed by atoms with Crippen LogP contribution in [0.2, 0.25) is 0 Å². The molecule has 0 atom stereocenters. The van der Waals surface area contributed by atoms with E-state index < -0.39 is 11.7 Å². The van der Waals surface area contributed by atoms with Crippen LogP contribution in [0.3, 0.4) is 0 Å². The van der Waals surface area contributed by atoms with Crippen molar-refractivity contribution in [2.45, 2.75) is 53.6 Å². The van der Waals surface area contributed by atoms with E-state index in [2.05, 4.69) is 17.2 Å². The highest BCUT2D eigenvalue weighted by Crippen LogP contribution is 2.17. The first-order valence-corrected chi connectivity index (χ1v) is 6.20. The fourth-order valence-electron chi connectivity index (χ4n) is 1.86. The SMILES string of the molecule is CCc1c(C)cc(NC(=O)OC(C)(C)C)nc1C. The number of aryl methyl sites for hydroxylation is 2. The summed E-state index contributed by atoms with van der Waals surface area (Å²) in [4.78, 5) is 16.0. The molecule has 1 heterocycles. The van der Waals surface area contributed by atoms with Crippen LogP contribution in [0, 0.1) is 13.8 Å². The van der Waals surface area contributed by atoms with Gasteiger partial charge in [-0.15, -0.1) is 0 Å². The summed E-state index contributed by atoms with van der Waals surface area (Å²) in [6.07, 6.45) is 0.468. The van der Waals surface area contributed by atoms with Gasteiger partial charge in [-0.05, 0) is 58.2 Å². The maximum absolute atomic E-state index is 11.6. The lowest BCUT2D eigenvalue weighted by atomic mass is 10.1. The minimum absolute atomic E-state index is 0.474. The zero-order valence-corrected chi connectivity index (χ0v) is 12.0. The lowest BCUT2D eigenvalue weighted by Gasteiger charge is -2.20. The van der Waals surface area contributed by atoms with Crippen molar-refractivity contribution in [2.75, 3.05) is 5.32 Å². The molecular weight excluding hydrogens is 228 g/mol. The van der Waals surface area contributed by atoms with Gasteiger partial charge in [0.15, 0.2) is 0 Å². The van der Waals surface area contributed by atoms with Gasteiger partial charge in [0.2, 0.25) is 0 Å². The van der Waals surface area contributed by atoms with E-state index in [0.29, 0.717) is 5.82 Å². The zero-order valence-electron chi connectivity index (χ0n) is 12.0. The third-order valence-corrected chi connectivity index (χ3v) is 2.54. The first-order chi connectivity index (χ1) is 8.23. The Morgan fingerprint density at radius 3 is 2.44 bits per heavy atom. The zero-order chi connectivity index (χ0) is 13.9. The molecule has 0 radical (unpaired) electrons. The van der Waals surface area contributed by atoms with Crippen LogP contribution in [0.4, 0.5) is 10.6 Å². The Labute approximate surface area is 109 Å². The van der Waals surface area contributed by atoms with Gasteiger partial charge in [-0.25, -0.2) is 9.78 Å². The van der Waals surface area contributed by atoms with E-state index in [4.69, 9.17) is 4.74 Å². The van der Waals surface area contributed by atoms with Crippen molar-refractivity contribution in [2.24, 2.45) is 0 Å². The minimum Gasteiger partial charge on any atom is -0.444 e. The summed E-state index contributed by atoms with van der Waals surface area (Å²) in [5.41, 5.74) is 2.81. The molecule has 0 aliphatic rings. The van der Waals surface area contributed by atoms with E-state index in [9.17, 15) is 4.79 Å². The smallest absolute Gasteiger partial charge is 0.413 e. The molecule has 1 amide bonds. The van der Waals surface area contributed by atoms with Crippen LogP contribution in [0.15, 0.2) is 6.07 Å². The number of ether oxygens (including phenoxy) is 1. The highest BCUT2D eigenvalue weighted by Gasteiger charge is 2.17. The molecule has 4 heteroatoms. The number of pyridine rings is 1. The summed E-state index contributed by atoms with van der Waals surface area (Å²) in [7, 11) is 0. The molecule has 1 aromatic rings. The Morgan fingerprint density at radius 2 is 2.00 bits per heavy atom. The summed E-state index contributed by atoms with van der Waals surface area (Å²) in [6.45, 7) is 11.6. The minimum atomic E-state index is -0.502. The fourth-order valence-corrected chi connectivity index (χ4v) is 1.86. The fraction of sp³-hybridized carbons (Fsp3) is 0.571. The van der Waals surface area contributed by atoms with Gasteiger partial charge < -0.3 is 4.74 Å². The molecule has 0 fully saturated rings. The second kappa shape index (κ2) is 5.38. The van der Waals surface area contributed by atoms with Crippen LogP contribution in [-0.4, -0.2) is 16.7 Å². The second-order valence-electron chi connectivity index (χ2n) is 5.37. The van der Waals surface area contributed by atoms with E-state index in [1.165, 1.54) is 5.56 Å². The third-order valence-electron chi connectivity index (χ3n) is 2.54. The standard InChI is InChI=1S/C14H22N2O2/c1-7-11-9(2)8-12(15-10(11)3)16-13(17)18-14(4,5)6/h8H,7H2,1-6H3,(H,15,16,17). The predicted molar refractivity (Wildman–Crippen MR) is 72.9 cm³/mol. The van der Waals surface area contributed by atoms with Crippen LogP contribution in [0.25, 0.3) is 0 Å². The van der Waals surface area contributed by atoms with Crippen molar-refractivity contribution in [1.82, 2.24) is 4.98 Å². The maximum atomic E-state index is 11.6. The van der Waals surface area contributed by atoms with Crippen LogP contribution in [0.1, 0.15) is 44.5 Å². The molecule has 0 aromatic carbocycles. The molecule has 0 saturated heterocycles. The van der Waals surface area contributed by atoms with Crippen molar-refractivity contribution >= 4 is 11.9 Å². The third kappa shape index (κ3) is 4.02. The Balaban J connectivity index is 2.83. The Kier molecular flexibility index (Phi) is 4.33. The van der Waals surface area contributed by atoms with Gasteiger partial charge >= 0.3 is 6.09 Å². The number of hydrogen-bond donors (Lipinski definition) is 1. The molecule has 1 N–H and O–H groups in total. The number of hydrogen-bond acceptors (Lipinski definition) is 3. The second-order valence-corrected chi connectivity index (χ2v) is 5.37. The molecule has 0 spiro atoms. The average molecular weight is 250 g/mol. The molecule has 0 aliphatic heterocycles. The summed E-state index contributed by atoms with van der Waals surface area (Å²) in [5.74, 6) is 0.538. The van der Waals surface area contributed by atoms with E-state index in [1.54, 1.807) is 0 Å². The lowest BCUT2D eigenvalue weighted by molar-refractivity contribution is 0.0635. The molecular formula is C14H22N2O2. The van der Waals surface area contributed by atoms with Crippen molar-refractivity contribution in [1.29, 1.82) is 0 Å². The molecule has 1 aromatic heterocycles. The van der Waals surface area contributed by atoms with Crippen molar-refractivity contribution in [3.8, 4) is 0 Å². The molecule has 0 aliphatic carbocycles. The van der Waals surface area contributed by atoms with E-state index in [0.717, 1.165) is 17.7 Å². The van der Waals surface area contributed by atoms with Gasteiger partial charge in [-0.2, -0.15) is 0 Å². The first-order valence-electron chi connectivity index (χ1n) is 6.20. The summed E-state index contributed by atoms with van der Waals surface area (Å²) < 4.78 is 5.19. The molecule has 18 heavy (non-hydrogen) atoms. The molecule has 100 valence electrons. The van der Waals surface area contributed by atoms with Crippen LogP contribution in [0.5, 0.6) is 0 Å². The van der Waals surface area contributed by atoms with Gasteiger partial charge in [0.1, 0.15) is 11.4 Å².